The molecule has 0 aromatic heterocycles. The van der Waals surface area contributed by atoms with Crippen molar-refractivity contribution < 1.29 is 17.4 Å². The molecular weight excluding hydrogens is 504 g/mol. The molecule has 0 radical (unpaired) electrons. The van der Waals surface area contributed by atoms with Gasteiger partial charge in [0.25, 0.3) is 0 Å². The number of benzene rings is 5. The minimum atomic E-state index is -3.91. The van der Waals surface area contributed by atoms with Crippen LogP contribution in [0.2, 0.25) is 0 Å². The second-order valence-electron chi connectivity index (χ2n) is 9.78. The van der Waals surface area contributed by atoms with Gasteiger partial charge in [0.05, 0.1) is 17.1 Å². The Kier molecular flexibility index (Phi) is 3.83. The van der Waals surface area contributed by atoms with E-state index in [0.29, 0.717) is 43.6 Å². The van der Waals surface area contributed by atoms with Gasteiger partial charge in [-0.25, -0.2) is 0 Å². The molecule has 5 heteroatoms. The molecule has 2 unspecified atom stereocenters. The lowest BCUT2D eigenvalue weighted by Crippen LogP contribution is -2.46. The second-order valence-corrected chi connectivity index (χ2v) is 15.2. The van der Waals surface area contributed by atoms with Crippen LogP contribution in [0.4, 0.5) is 17.1 Å². The SMILES string of the molecule is [2H]C([2H])([2H])c1ccc2c(c1)P(=O)(c1ccccc1)c1cc(C([2H])([2H])[2H])cc3c1N2c1ccc(C)cc1P3(=O)c1ccccc1. The van der Waals surface area contributed by atoms with E-state index in [0.717, 1.165) is 5.56 Å². The number of nitrogens with zero attached hydrogens (tertiary/aromatic N) is 1. The highest BCUT2D eigenvalue weighted by Gasteiger charge is 2.49. The van der Waals surface area contributed by atoms with Crippen LogP contribution in [0.3, 0.4) is 0 Å². The number of fused-ring (bicyclic) bond motifs is 4. The fourth-order valence-electron chi connectivity index (χ4n) is 5.82. The topological polar surface area (TPSA) is 37.4 Å². The van der Waals surface area contributed by atoms with Gasteiger partial charge in [0.2, 0.25) is 0 Å². The summed E-state index contributed by atoms with van der Waals surface area (Å²) in [5, 5.41) is 2.32. The highest BCUT2D eigenvalue weighted by Crippen LogP contribution is 2.60. The van der Waals surface area contributed by atoms with Gasteiger partial charge in [-0.3, -0.25) is 0 Å². The largest absolute Gasteiger partial charge is 0.308 e. The molecule has 5 aromatic rings. The minimum absolute atomic E-state index is 0.0270. The molecule has 0 bridgehead atoms. The van der Waals surface area contributed by atoms with Gasteiger partial charge in [0.1, 0.15) is 0 Å². The Balaban J connectivity index is 1.72. The van der Waals surface area contributed by atoms with E-state index in [1.165, 1.54) is 24.3 Å². The number of aryl methyl sites for hydroxylation is 3. The molecule has 2 aliphatic rings. The standard InChI is InChI=1S/C33H27NO2P2/c1-22-14-16-27-29(18-22)37(35,25-10-6-4-7-11-25)31-20-24(3)21-32-33(31)34(27)28-17-15-23(2)19-30(28)38(32,36)26-12-8-5-9-13-26/h4-21H,1-3H3/i1D3,3D3. The van der Waals surface area contributed by atoms with Gasteiger partial charge in [-0.15, -0.1) is 0 Å². The van der Waals surface area contributed by atoms with E-state index in [-0.39, 0.29) is 16.4 Å². The maximum absolute atomic E-state index is 15.9. The van der Waals surface area contributed by atoms with E-state index in [9.17, 15) is 0 Å². The molecule has 0 fully saturated rings. The van der Waals surface area contributed by atoms with Crippen LogP contribution in [-0.2, 0) is 9.13 Å². The lowest BCUT2D eigenvalue weighted by molar-refractivity contribution is 0.592. The highest BCUT2D eigenvalue weighted by molar-refractivity contribution is 7.88. The van der Waals surface area contributed by atoms with Gasteiger partial charge in [0.15, 0.2) is 14.3 Å². The van der Waals surface area contributed by atoms with Crippen molar-refractivity contribution in [2.45, 2.75) is 20.6 Å². The van der Waals surface area contributed by atoms with Crippen LogP contribution in [0, 0.1) is 20.6 Å². The zero-order valence-corrected chi connectivity index (χ0v) is 22.3. The molecule has 38 heavy (non-hydrogen) atoms. The second kappa shape index (κ2) is 8.18. The van der Waals surface area contributed by atoms with Crippen molar-refractivity contribution in [3.8, 4) is 0 Å². The average molecular weight is 538 g/mol. The normalized spacial score (nSPS) is 23.9. The molecule has 0 saturated carbocycles. The quantitative estimate of drug-likeness (QED) is 0.255. The molecule has 0 N–H and O–H groups in total. The first-order valence-electron chi connectivity index (χ1n) is 15.3. The zero-order valence-electron chi connectivity index (χ0n) is 26.6. The summed E-state index contributed by atoms with van der Waals surface area (Å²) in [6, 6.07) is 31.0. The van der Waals surface area contributed by atoms with Gasteiger partial charge in [-0.05, 0) is 62.6 Å². The summed E-state index contributed by atoms with van der Waals surface area (Å²) in [6.45, 7) is -3.17. The van der Waals surface area contributed by atoms with Gasteiger partial charge in [-0.1, -0.05) is 83.9 Å². The molecule has 5 aromatic carbocycles. The lowest BCUT2D eigenvalue weighted by atomic mass is 10.1. The zero-order chi connectivity index (χ0) is 31.2. The predicted molar refractivity (Wildman–Crippen MR) is 161 cm³/mol. The molecule has 0 saturated heterocycles. The molecule has 186 valence electrons. The third-order valence-electron chi connectivity index (χ3n) is 7.48. The van der Waals surface area contributed by atoms with Crippen molar-refractivity contribution >= 4 is 63.2 Å². The van der Waals surface area contributed by atoms with Gasteiger partial charge < -0.3 is 14.0 Å². The molecule has 0 amide bonds. The van der Waals surface area contributed by atoms with Crippen molar-refractivity contribution in [1.82, 2.24) is 0 Å². The Morgan fingerprint density at radius 3 is 1.50 bits per heavy atom. The summed E-state index contributed by atoms with van der Waals surface area (Å²) >= 11 is 0. The lowest BCUT2D eigenvalue weighted by Gasteiger charge is -2.44. The van der Waals surface area contributed by atoms with Crippen molar-refractivity contribution in [3.05, 3.63) is 126 Å². The Morgan fingerprint density at radius 1 is 0.553 bits per heavy atom. The summed E-state index contributed by atoms with van der Waals surface area (Å²) < 4.78 is 81.3. The molecular formula is C33H27NO2P2. The van der Waals surface area contributed by atoms with Crippen LogP contribution >= 0.6 is 14.3 Å². The molecule has 7 rings (SSSR count). The maximum Gasteiger partial charge on any atom is 0.175 e. The number of hydrogen-bond donors (Lipinski definition) is 0. The third-order valence-corrected chi connectivity index (χ3v) is 13.6. The first-order valence-corrected chi connectivity index (χ1v) is 15.7. The van der Waals surface area contributed by atoms with Gasteiger partial charge >= 0.3 is 0 Å². The summed E-state index contributed by atoms with van der Waals surface area (Å²) in [6.07, 6.45) is 0. The van der Waals surface area contributed by atoms with Crippen LogP contribution in [0.1, 0.15) is 24.9 Å². The summed E-state index contributed by atoms with van der Waals surface area (Å²) in [5.41, 5.74) is 2.36. The van der Waals surface area contributed by atoms with Gasteiger partial charge in [0, 0.05) is 40.1 Å². The van der Waals surface area contributed by atoms with Crippen molar-refractivity contribution in [2.75, 3.05) is 4.90 Å². The van der Waals surface area contributed by atoms with E-state index >= 15 is 9.13 Å². The smallest absolute Gasteiger partial charge is 0.175 e. The van der Waals surface area contributed by atoms with E-state index < -0.39 is 28.0 Å². The fourth-order valence-corrected chi connectivity index (χ4v) is 12.1. The monoisotopic (exact) mass is 537 g/mol. The fraction of sp³-hybridized carbons (Fsp3) is 0.0909. The first kappa shape index (κ1) is 17.8. The Hall–Kier alpha value is -3.64. The minimum Gasteiger partial charge on any atom is -0.308 e. The van der Waals surface area contributed by atoms with Crippen LogP contribution in [0.25, 0.3) is 0 Å². The average Bonchev–Trinajstić information content (AvgIpc) is 3.00. The number of rotatable bonds is 2. The van der Waals surface area contributed by atoms with Crippen molar-refractivity contribution in [3.63, 3.8) is 0 Å². The summed E-state index contributed by atoms with van der Waals surface area (Å²) in [7, 11) is -7.63. The first-order chi connectivity index (χ1) is 20.8. The van der Waals surface area contributed by atoms with Crippen molar-refractivity contribution in [2.24, 2.45) is 0 Å². The molecule has 2 heterocycles. The van der Waals surface area contributed by atoms with Crippen molar-refractivity contribution in [1.29, 1.82) is 0 Å². The maximum atomic E-state index is 15.9. The van der Waals surface area contributed by atoms with Crippen LogP contribution < -0.4 is 36.7 Å². The van der Waals surface area contributed by atoms with Crippen LogP contribution in [0.5, 0.6) is 0 Å². The van der Waals surface area contributed by atoms with E-state index in [1.807, 2.05) is 36.1 Å². The summed E-state index contributed by atoms with van der Waals surface area (Å²) in [5.74, 6) is 0. The third kappa shape index (κ3) is 3.04. The predicted octanol–water partition coefficient (Wildman–Crippen LogP) is 5.99. The molecule has 0 spiro atoms. The Bertz CT molecular complexity index is 2070. The van der Waals surface area contributed by atoms with E-state index in [4.69, 9.17) is 8.22 Å². The van der Waals surface area contributed by atoms with Crippen LogP contribution in [-0.4, -0.2) is 0 Å². The Labute approximate surface area is 232 Å². The van der Waals surface area contributed by atoms with Gasteiger partial charge in [-0.2, -0.15) is 0 Å². The van der Waals surface area contributed by atoms with E-state index in [2.05, 4.69) is 0 Å². The Morgan fingerprint density at radius 2 is 1.00 bits per heavy atom. The molecule has 2 atom stereocenters. The molecule has 3 nitrogen and oxygen atoms in total. The van der Waals surface area contributed by atoms with E-state index in [1.54, 1.807) is 60.7 Å². The molecule has 2 aliphatic heterocycles. The number of hydrogen-bond acceptors (Lipinski definition) is 3. The summed E-state index contributed by atoms with van der Waals surface area (Å²) in [4.78, 5) is 1.89. The molecule has 0 aliphatic carbocycles. The number of anilines is 3. The van der Waals surface area contributed by atoms with Crippen LogP contribution in [0.15, 0.2) is 109 Å². The highest BCUT2D eigenvalue weighted by atomic mass is 31.2.